The van der Waals surface area contributed by atoms with E-state index in [1.165, 1.54) is 4.90 Å². The molecule has 74 valence electrons. The van der Waals surface area contributed by atoms with Gasteiger partial charge in [0, 0.05) is 26.7 Å². The summed E-state index contributed by atoms with van der Waals surface area (Å²) in [6.07, 6.45) is 0.539. The average molecular weight is 186 g/mol. The summed E-state index contributed by atoms with van der Waals surface area (Å²) in [6, 6.07) is -0.694. The molecule has 1 unspecified atom stereocenters. The minimum absolute atomic E-state index is 0.149. The first-order valence-electron chi connectivity index (χ1n) is 4.31. The van der Waals surface area contributed by atoms with Gasteiger partial charge in [-0.15, -0.1) is 0 Å². The maximum absolute atomic E-state index is 11.4. The lowest BCUT2D eigenvalue weighted by Crippen LogP contribution is -2.31. The predicted molar refractivity (Wildman–Crippen MR) is 46.2 cm³/mol. The molecule has 0 aromatic heterocycles. The van der Waals surface area contributed by atoms with Crippen molar-refractivity contribution in [2.75, 3.05) is 20.3 Å². The lowest BCUT2D eigenvalue weighted by molar-refractivity contribution is -0.127. The van der Waals surface area contributed by atoms with Gasteiger partial charge < -0.3 is 10.1 Å². The van der Waals surface area contributed by atoms with Gasteiger partial charge in [-0.25, -0.2) is 4.79 Å². The molecule has 1 atom stereocenters. The van der Waals surface area contributed by atoms with E-state index in [1.807, 2.05) is 0 Å². The van der Waals surface area contributed by atoms with Crippen LogP contribution in [0.5, 0.6) is 0 Å². The highest BCUT2D eigenvalue weighted by atomic mass is 16.5. The van der Waals surface area contributed by atoms with Crippen molar-refractivity contribution >= 4 is 11.9 Å². The fourth-order valence-corrected chi connectivity index (χ4v) is 1.31. The monoisotopic (exact) mass is 186 g/mol. The lowest BCUT2D eigenvalue weighted by atomic mass is 10.2. The predicted octanol–water partition coefficient (Wildman–Crippen LogP) is -0.0368. The first kappa shape index (κ1) is 9.98. The maximum atomic E-state index is 11.4. The van der Waals surface area contributed by atoms with Gasteiger partial charge in [-0.05, 0) is 6.92 Å². The molecule has 0 bridgehead atoms. The standard InChI is InChI=1S/C8H14N2O3/c1-3-10-7(11)6(4-5-13-2)9-8(10)12/h6H,3-5H2,1-2H3,(H,9,12). The van der Waals surface area contributed by atoms with Crippen molar-refractivity contribution in [3.05, 3.63) is 0 Å². The highest BCUT2D eigenvalue weighted by Crippen LogP contribution is 2.08. The van der Waals surface area contributed by atoms with E-state index in [2.05, 4.69) is 5.32 Å². The third kappa shape index (κ3) is 1.98. The van der Waals surface area contributed by atoms with Gasteiger partial charge in [0.1, 0.15) is 6.04 Å². The van der Waals surface area contributed by atoms with Crippen molar-refractivity contribution in [3.8, 4) is 0 Å². The molecule has 0 aliphatic carbocycles. The molecule has 0 spiro atoms. The number of urea groups is 1. The van der Waals surface area contributed by atoms with Gasteiger partial charge in [-0.3, -0.25) is 9.69 Å². The van der Waals surface area contributed by atoms with Crippen molar-refractivity contribution in [1.29, 1.82) is 0 Å². The molecule has 0 aromatic rings. The average Bonchev–Trinajstić information content (AvgIpc) is 2.38. The van der Waals surface area contributed by atoms with Crippen molar-refractivity contribution in [3.63, 3.8) is 0 Å². The molecule has 1 aliphatic heterocycles. The number of amides is 3. The number of nitrogens with zero attached hydrogens (tertiary/aromatic N) is 1. The molecule has 13 heavy (non-hydrogen) atoms. The van der Waals surface area contributed by atoms with Crippen molar-refractivity contribution in [2.24, 2.45) is 0 Å². The smallest absolute Gasteiger partial charge is 0.324 e. The minimum Gasteiger partial charge on any atom is -0.385 e. The van der Waals surface area contributed by atoms with Crippen LogP contribution >= 0.6 is 0 Å². The summed E-state index contributed by atoms with van der Waals surface area (Å²) in [5.41, 5.74) is 0. The van der Waals surface area contributed by atoms with Crippen molar-refractivity contribution in [1.82, 2.24) is 10.2 Å². The van der Waals surface area contributed by atoms with Gasteiger partial charge in [-0.1, -0.05) is 0 Å². The summed E-state index contributed by atoms with van der Waals surface area (Å²) in [5.74, 6) is -0.149. The quantitative estimate of drug-likeness (QED) is 0.627. The zero-order valence-corrected chi connectivity index (χ0v) is 7.87. The number of methoxy groups -OCH3 is 1. The highest BCUT2D eigenvalue weighted by Gasteiger charge is 2.36. The van der Waals surface area contributed by atoms with Gasteiger partial charge in [0.15, 0.2) is 0 Å². The zero-order chi connectivity index (χ0) is 9.84. The topological polar surface area (TPSA) is 58.6 Å². The molecule has 0 saturated carbocycles. The van der Waals surface area contributed by atoms with E-state index in [9.17, 15) is 9.59 Å². The van der Waals surface area contributed by atoms with E-state index in [0.29, 0.717) is 19.6 Å². The summed E-state index contributed by atoms with van der Waals surface area (Å²) < 4.78 is 4.83. The molecule has 3 amide bonds. The fraction of sp³-hybridized carbons (Fsp3) is 0.750. The van der Waals surface area contributed by atoms with Crippen LogP contribution in [0.3, 0.4) is 0 Å². The Morgan fingerprint density at radius 2 is 2.23 bits per heavy atom. The van der Waals surface area contributed by atoms with Crippen LogP contribution in [0.1, 0.15) is 13.3 Å². The maximum Gasteiger partial charge on any atom is 0.324 e. The molecule has 1 N–H and O–H groups in total. The van der Waals surface area contributed by atoms with E-state index >= 15 is 0 Å². The Morgan fingerprint density at radius 3 is 2.69 bits per heavy atom. The minimum atomic E-state index is -0.396. The summed E-state index contributed by atoms with van der Waals surface area (Å²) in [4.78, 5) is 23.8. The van der Waals surface area contributed by atoms with E-state index in [4.69, 9.17) is 4.74 Å². The van der Waals surface area contributed by atoms with Crippen LogP contribution in [0.15, 0.2) is 0 Å². The Kier molecular flexibility index (Phi) is 3.25. The number of hydrogen-bond donors (Lipinski definition) is 1. The number of ether oxygens (including phenoxy) is 1. The molecule has 1 aliphatic rings. The Labute approximate surface area is 77.0 Å². The van der Waals surface area contributed by atoms with E-state index in [-0.39, 0.29) is 11.9 Å². The zero-order valence-electron chi connectivity index (χ0n) is 7.87. The first-order chi connectivity index (χ1) is 6.20. The number of nitrogens with one attached hydrogen (secondary N) is 1. The Hall–Kier alpha value is -1.10. The summed E-state index contributed by atoms with van der Waals surface area (Å²) in [6.45, 7) is 2.68. The van der Waals surface area contributed by atoms with Crippen LogP contribution in [0.2, 0.25) is 0 Å². The Balaban J connectivity index is 2.52. The number of likely N-dealkylation sites (N-methyl/N-ethyl adjacent to an activating group) is 1. The number of imide groups is 1. The second-order valence-electron chi connectivity index (χ2n) is 2.87. The molecular formula is C8H14N2O3. The number of rotatable bonds is 4. The van der Waals surface area contributed by atoms with Gasteiger partial charge in [-0.2, -0.15) is 0 Å². The number of carbonyl (C=O) groups excluding carboxylic acids is 2. The second kappa shape index (κ2) is 4.23. The van der Waals surface area contributed by atoms with Gasteiger partial charge in [0.25, 0.3) is 5.91 Å². The largest absolute Gasteiger partial charge is 0.385 e. The first-order valence-corrected chi connectivity index (χ1v) is 4.31. The third-order valence-electron chi connectivity index (χ3n) is 2.03. The fourth-order valence-electron chi connectivity index (χ4n) is 1.31. The molecule has 0 radical (unpaired) electrons. The summed E-state index contributed by atoms with van der Waals surface area (Å²) in [7, 11) is 1.57. The van der Waals surface area contributed by atoms with Crippen molar-refractivity contribution < 1.29 is 14.3 Å². The number of hydrogen-bond acceptors (Lipinski definition) is 3. The molecular weight excluding hydrogens is 172 g/mol. The normalized spacial score (nSPS) is 22.3. The summed E-state index contributed by atoms with van der Waals surface area (Å²) in [5, 5.41) is 2.60. The molecule has 1 fully saturated rings. The van der Waals surface area contributed by atoms with Crippen LogP contribution < -0.4 is 5.32 Å². The van der Waals surface area contributed by atoms with Crippen LogP contribution in [0.25, 0.3) is 0 Å². The van der Waals surface area contributed by atoms with E-state index in [0.717, 1.165) is 0 Å². The van der Waals surface area contributed by atoms with Crippen LogP contribution in [-0.4, -0.2) is 43.1 Å². The highest BCUT2D eigenvalue weighted by molar-refractivity contribution is 6.04. The van der Waals surface area contributed by atoms with Crippen LogP contribution in [0, 0.1) is 0 Å². The van der Waals surface area contributed by atoms with Crippen molar-refractivity contribution in [2.45, 2.75) is 19.4 Å². The van der Waals surface area contributed by atoms with Crippen LogP contribution in [0.4, 0.5) is 4.79 Å². The summed E-state index contributed by atoms with van der Waals surface area (Å²) >= 11 is 0. The number of carbonyl (C=O) groups is 2. The SMILES string of the molecule is CCN1C(=O)NC(CCOC)C1=O. The molecule has 1 heterocycles. The molecule has 1 saturated heterocycles. The lowest BCUT2D eigenvalue weighted by Gasteiger charge is -2.08. The molecule has 1 rings (SSSR count). The second-order valence-corrected chi connectivity index (χ2v) is 2.87. The van der Waals surface area contributed by atoms with Gasteiger partial charge in [0.05, 0.1) is 0 Å². The van der Waals surface area contributed by atoms with Crippen LogP contribution in [-0.2, 0) is 9.53 Å². The van der Waals surface area contributed by atoms with E-state index < -0.39 is 6.04 Å². The molecule has 5 heteroatoms. The van der Waals surface area contributed by atoms with Gasteiger partial charge >= 0.3 is 6.03 Å². The van der Waals surface area contributed by atoms with Gasteiger partial charge in [0.2, 0.25) is 0 Å². The molecule has 5 nitrogen and oxygen atoms in total. The third-order valence-corrected chi connectivity index (χ3v) is 2.03. The molecule has 0 aromatic carbocycles. The van der Waals surface area contributed by atoms with E-state index in [1.54, 1.807) is 14.0 Å². The Bertz CT molecular complexity index is 217. The Morgan fingerprint density at radius 1 is 1.54 bits per heavy atom.